The number of hydrogen-bond donors (Lipinski definition) is 1. The maximum atomic E-state index is 14.0. The van der Waals surface area contributed by atoms with E-state index in [2.05, 4.69) is 10.3 Å². The Kier molecular flexibility index (Phi) is 3.41. The van der Waals surface area contributed by atoms with Crippen molar-refractivity contribution < 1.29 is 8.78 Å². The second kappa shape index (κ2) is 4.74. The maximum absolute atomic E-state index is 14.0. The van der Waals surface area contributed by atoms with Crippen molar-refractivity contribution in [1.82, 2.24) is 14.9 Å². The van der Waals surface area contributed by atoms with Crippen LogP contribution in [-0.2, 0) is 5.54 Å². The summed E-state index contributed by atoms with van der Waals surface area (Å²) in [5.41, 5.74) is 0.816. The molecule has 0 aliphatic carbocycles. The van der Waals surface area contributed by atoms with Crippen LogP contribution in [0.3, 0.4) is 0 Å². The summed E-state index contributed by atoms with van der Waals surface area (Å²) in [6, 6.07) is 2.39. The minimum Gasteiger partial charge on any atom is -0.310 e. The van der Waals surface area contributed by atoms with E-state index in [1.54, 1.807) is 10.8 Å². The number of nitrogens with one attached hydrogen (secondary N) is 1. The Labute approximate surface area is 111 Å². The fourth-order valence-corrected chi connectivity index (χ4v) is 1.90. The molecule has 0 aliphatic rings. The Morgan fingerprint density at radius 1 is 1.21 bits per heavy atom. The van der Waals surface area contributed by atoms with Crippen LogP contribution in [0, 0.1) is 18.6 Å². The highest BCUT2D eigenvalue weighted by molar-refractivity contribution is 5.39. The van der Waals surface area contributed by atoms with Gasteiger partial charge in [0.05, 0.1) is 29.4 Å². The number of nitrogens with zero attached hydrogens (tertiary/aromatic N) is 2. The third-order valence-corrected chi connectivity index (χ3v) is 3.39. The van der Waals surface area contributed by atoms with E-state index in [0.717, 1.165) is 5.69 Å². The maximum Gasteiger partial charge on any atom is 0.147 e. The van der Waals surface area contributed by atoms with Gasteiger partial charge in [0, 0.05) is 6.07 Å². The molecule has 0 spiro atoms. The van der Waals surface area contributed by atoms with Gasteiger partial charge >= 0.3 is 0 Å². The van der Waals surface area contributed by atoms with Gasteiger partial charge in [-0.2, -0.15) is 0 Å². The van der Waals surface area contributed by atoms with Gasteiger partial charge in [-0.05, 0) is 39.4 Å². The molecule has 102 valence electrons. The smallest absolute Gasteiger partial charge is 0.147 e. The molecule has 5 heteroatoms. The standard InChI is InChI=1S/C14H17F2N3/c1-9-5-11(16)12(6-10(9)15)19-8-18-7-13(19)14(2,3)17-4/h5-8,17H,1-4H3. The molecule has 0 saturated heterocycles. The van der Waals surface area contributed by atoms with Gasteiger partial charge < -0.3 is 5.32 Å². The molecule has 0 amide bonds. The minimum absolute atomic E-state index is 0.166. The molecular formula is C14H17F2N3. The summed E-state index contributed by atoms with van der Waals surface area (Å²) in [4.78, 5) is 4.04. The first-order valence-electron chi connectivity index (χ1n) is 6.04. The Hall–Kier alpha value is -1.75. The predicted molar refractivity (Wildman–Crippen MR) is 70.3 cm³/mol. The number of imidazole rings is 1. The molecule has 19 heavy (non-hydrogen) atoms. The summed E-state index contributed by atoms with van der Waals surface area (Å²) in [5, 5.41) is 3.12. The molecule has 0 atom stereocenters. The summed E-state index contributed by atoms with van der Waals surface area (Å²) in [7, 11) is 1.81. The number of rotatable bonds is 3. The minimum atomic E-state index is -0.468. The zero-order valence-electron chi connectivity index (χ0n) is 11.5. The van der Waals surface area contributed by atoms with Gasteiger partial charge in [-0.1, -0.05) is 0 Å². The van der Waals surface area contributed by atoms with Crippen molar-refractivity contribution >= 4 is 0 Å². The van der Waals surface area contributed by atoms with Gasteiger partial charge in [-0.15, -0.1) is 0 Å². The molecule has 3 nitrogen and oxygen atoms in total. The first-order chi connectivity index (χ1) is 8.86. The van der Waals surface area contributed by atoms with E-state index < -0.39 is 17.2 Å². The summed E-state index contributed by atoms with van der Waals surface area (Å²) >= 11 is 0. The lowest BCUT2D eigenvalue weighted by molar-refractivity contribution is 0.423. The number of hydrogen-bond acceptors (Lipinski definition) is 2. The van der Waals surface area contributed by atoms with Crippen molar-refractivity contribution in [3.63, 3.8) is 0 Å². The summed E-state index contributed by atoms with van der Waals surface area (Å²) in [6.45, 7) is 5.43. The molecule has 0 radical (unpaired) electrons. The molecular weight excluding hydrogens is 248 g/mol. The number of aromatic nitrogens is 2. The average molecular weight is 265 g/mol. The van der Waals surface area contributed by atoms with Crippen molar-refractivity contribution in [1.29, 1.82) is 0 Å². The zero-order valence-corrected chi connectivity index (χ0v) is 11.5. The highest BCUT2D eigenvalue weighted by Crippen LogP contribution is 2.25. The number of benzene rings is 1. The first kappa shape index (κ1) is 13.7. The monoisotopic (exact) mass is 265 g/mol. The quantitative estimate of drug-likeness (QED) is 0.924. The highest BCUT2D eigenvalue weighted by atomic mass is 19.1. The fourth-order valence-electron chi connectivity index (χ4n) is 1.90. The third kappa shape index (κ3) is 2.38. The molecule has 0 bridgehead atoms. The molecule has 1 aromatic carbocycles. The van der Waals surface area contributed by atoms with Crippen molar-refractivity contribution in [2.45, 2.75) is 26.3 Å². The molecule has 2 rings (SSSR count). The van der Waals surface area contributed by atoms with Gasteiger partial charge in [0.15, 0.2) is 0 Å². The van der Waals surface area contributed by atoms with Gasteiger partial charge in [0.1, 0.15) is 11.6 Å². The Balaban J connectivity index is 2.61. The van der Waals surface area contributed by atoms with Crippen molar-refractivity contribution in [3.05, 3.63) is 47.5 Å². The molecule has 1 N–H and O–H groups in total. The molecule has 0 fully saturated rings. The number of halogens is 2. The van der Waals surface area contributed by atoms with E-state index in [1.807, 2.05) is 20.9 Å². The summed E-state index contributed by atoms with van der Waals surface area (Å²) in [5.74, 6) is -0.900. The second-order valence-electron chi connectivity index (χ2n) is 5.08. The molecule has 1 aromatic heterocycles. The van der Waals surface area contributed by atoms with Crippen LogP contribution >= 0.6 is 0 Å². The van der Waals surface area contributed by atoms with E-state index >= 15 is 0 Å². The van der Waals surface area contributed by atoms with E-state index in [9.17, 15) is 8.78 Å². The van der Waals surface area contributed by atoms with Gasteiger partial charge in [-0.3, -0.25) is 4.57 Å². The van der Waals surface area contributed by atoms with Crippen LogP contribution in [-0.4, -0.2) is 16.6 Å². The average Bonchev–Trinajstić information content (AvgIpc) is 2.83. The predicted octanol–water partition coefficient (Wildman–Crippen LogP) is 2.91. The van der Waals surface area contributed by atoms with Crippen LogP contribution in [0.1, 0.15) is 25.1 Å². The Bertz CT molecular complexity index is 603. The van der Waals surface area contributed by atoms with Crippen molar-refractivity contribution in [3.8, 4) is 5.69 Å². The lowest BCUT2D eigenvalue weighted by atomic mass is 10.0. The van der Waals surface area contributed by atoms with Gasteiger partial charge in [0.25, 0.3) is 0 Å². The van der Waals surface area contributed by atoms with Crippen molar-refractivity contribution in [2.24, 2.45) is 0 Å². The lowest BCUT2D eigenvalue weighted by Crippen LogP contribution is -2.35. The lowest BCUT2D eigenvalue weighted by Gasteiger charge is -2.25. The van der Waals surface area contributed by atoms with Gasteiger partial charge in [-0.25, -0.2) is 13.8 Å². The Morgan fingerprint density at radius 3 is 2.53 bits per heavy atom. The topological polar surface area (TPSA) is 29.9 Å². The molecule has 1 heterocycles. The second-order valence-corrected chi connectivity index (χ2v) is 5.08. The third-order valence-electron chi connectivity index (χ3n) is 3.39. The zero-order chi connectivity index (χ0) is 14.2. The normalized spacial score (nSPS) is 11.9. The Morgan fingerprint density at radius 2 is 1.89 bits per heavy atom. The largest absolute Gasteiger partial charge is 0.310 e. The molecule has 0 unspecified atom stereocenters. The van der Waals surface area contributed by atoms with Crippen LogP contribution in [0.25, 0.3) is 5.69 Å². The van der Waals surface area contributed by atoms with E-state index in [-0.39, 0.29) is 11.3 Å². The summed E-state index contributed by atoms with van der Waals surface area (Å²) in [6.07, 6.45) is 3.13. The molecule has 2 aromatic rings. The van der Waals surface area contributed by atoms with Crippen LogP contribution in [0.15, 0.2) is 24.7 Å². The molecule has 0 saturated carbocycles. The molecule has 0 aliphatic heterocycles. The first-order valence-corrected chi connectivity index (χ1v) is 6.04. The SMILES string of the molecule is CNC(C)(C)c1cncn1-c1cc(F)c(C)cc1F. The highest BCUT2D eigenvalue weighted by Gasteiger charge is 2.24. The van der Waals surface area contributed by atoms with E-state index in [0.29, 0.717) is 0 Å². The van der Waals surface area contributed by atoms with Crippen LogP contribution < -0.4 is 5.32 Å². The van der Waals surface area contributed by atoms with Gasteiger partial charge in [0.2, 0.25) is 0 Å². The van der Waals surface area contributed by atoms with E-state index in [4.69, 9.17) is 0 Å². The van der Waals surface area contributed by atoms with Crippen LogP contribution in [0.4, 0.5) is 8.78 Å². The van der Waals surface area contributed by atoms with Crippen molar-refractivity contribution in [2.75, 3.05) is 7.05 Å². The van der Waals surface area contributed by atoms with Crippen LogP contribution in [0.5, 0.6) is 0 Å². The number of aryl methyl sites for hydroxylation is 1. The van der Waals surface area contributed by atoms with E-state index in [1.165, 1.54) is 25.4 Å². The summed E-state index contributed by atoms with van der Waals surface area (Å²) < 4.78 is 29.2. The van der Waals surface area contributed by atoms with Crippen LogP contribution in [0.2, 0.25) is 0 Å². The fraction of sp³-hybridized carbons (Fsp3) is 0.357.